The Kier molecular flexibility index (Phi) is 3.54. The molecule has 0 aromatic rings. The predicted octanol–water partition coefficient (Wildman–Crippen LogP) is 0.515. The molecule has 1 aliphatic rings. The van der Waals surface area contributed by atoms with Gasteiger partial charge in [-0.25, -0.2) is 4.79 Å². The number of aliphatic hydroxyl groups is 1. The number of urea groups is 1. The van der Waals surface area contributed by atoms with Crippen LogP contribution in [0.3, 0.4) is 0 Å². The smallest absolute Gasteiger partial charge is 0.319 e. The third kappa shape index (κ3) is 2.59. The van der Waals surface area contributed by atoms with Crippen molar-refractivity contribution in [2.75, 3.05) is 26.7 Å². The maximum atomic E-state index is 11.6. The molecule has 0 unspecified atom stereocenters. The summed E-state index contributed by atoms with van der Waals surface area (Å²) in [6.45, 7) is 3.92. The van der Waals surface area contributed by atoms with Crippen molar-refractivity contribution in [3.8, 4) is 0 Å². The van der Waals surface area contributed by atoms with Gasteiger partial charge < -0.3 is 14.9 Å². The van der Waals surface area contributed by atoms with Gasteiger partial charge in [-0.2, -0.15) is 0 Å². The summed E-state index contributed by atoms with van der Waals surface area (Å²) >= 11 is 0. The first kappa shape index (κ1) is 10.3. The summed E-state index contributed by atoms with van der Waals surface area (Å²) < 4.78 is 0. The number of amides is 2. The van der Waals surface area contributed by atoms with Gasteiger partial charge in [0.25, 0.3) is 0 Å². The van der Waals surface area contributed by atoms with Crippen LogP contribution >= 0.6 is 0 Å². The second-order valence-corrected chi connectivity index (χ2v) is 3.54. The third-order valence-electron chi connectivity index (χ3n) is 2.47. The summed E-state index contributed by atoms with van der Waals surface area (Å²) in [5.74, 6) is 0. The number of rotatable bonds is 1. The first-order chi connectivity index (χ1) is 6.15. The Labute approximate surface area is 79.1 Å². The largest absolute Gasteiger partial charge is 0.391 e. The normalized spacial score (nSPS) is 23.0. The third-order valence-corrected chi connectivity index (χ3v) is 2.47. The van der Waals surface area contributed by atoms with Crippen LogP contribution in [-0.2, 0) is 0 Å². The molecule has 0 spiro atoms. The molecular formula is C9H18N2O2. The second-order valence-electron chi connectivity index (χ2n) is 3.54. The average Bonchev–Trinajstić information content (AvgIpc) is 2.15. The number of hydrogen-bond acceptors (Lipinski definition) is 2. The Hall–Kier alpha value is -0.770. The van der Waals surface area contributed by atoms with E-state index < -0.39 is 0 Å². The van der Waals surface area contributed by atoms with E-state index in [-0.39, 0.29) is 12.1 Å². The highest BCUT2D eigenvalue weighted by molar-refractivity contribution is 5.74. The van der Waals surface area contributed by atoms with Crippen LogP contribution in [0.15, 0.2) is 0 Å². The van der Waals surface area contributed by atoms with Gasteiger partial charge >= 0.3 is 6.03 Å². The van der Waals surface area contributed by atoms with E-state index in [0.29, 0.717) is 13.1 Å². The number of β-amino-alcohol motifs (C(OH)–C–C–N with tert-alkyl or cyclic N) is 1. The van der Waals surface area contributed by atoms with Gasteiger partial charge in [0.15, 0.2) is 0 Å². The zero-order valence-electron chi connectivity index (χ0n) is 8.36. The highest BCUT2D eigenvalue weighted by Crippen LogP contribution is 2.11. The first-order valence-corrected chi connectivity index (χ1v) is 4.83. The number of likely N-dealkylation sites (tertiary alicyclic amines) is 1. The Bertz CT molecular complexity index is 184. The van der Waals surface area contributed by atoms with Crippen molar-refractivity contribution < 1.29 is 9.90 Å². The zero-order chi connectivity index (χ0) is 9.84. The van der Waals surface area contributed by atoms with Crippen LogP contribution < -0.4 is 0 Å². The monoisotopic (exact) mass is 186 g/mol. The summed E-state index contributed by atoms with van der Waals surface area (Å²) in [6, 6.07) is 0.0289. The van der Waals surface area contributed by atoms with Gasteiger partial charge in [0.05, 0.1) is 6.10 Å². The van der Waals surface area contributed by atoms with E-state index in [9.17, 15) is 9.90 Å². The molecule has 0 radical (unpaired) electrons. The first-order valence-electron chi connectivity index (χ1n) is 4.83. The van der Waals surface area contributed by atoms with Crippen molar-refractivity contribution in [2.45, 2.75) is 25.9 Å². The van der Waals surface area contributed by atoms with Crippen molar-refractivity contribution in [3.63, 3.8) is 0 Å². The topological polar surface area (TPSA) is 43.8 Å². The van der Waals surface area contributed by atoms with Crippen LogP contribution in [0.2, 0.25) is 0 Å². The van der Waals surface area contributed by atoms with E-state index in [1.54, 1.807) is 16.8 Å². The van der Waals surface area contributed by atoms with E-state index in [1.807, 2.05) is 6.92 Å². The summed E-state index contributed by atoms with van der Waals surface area (Å²) in [7, 11) is 1.78. The highest BCUT2D eigenvalue weighted by atomic mass is 16.3. The fraction of sp³-hybridized carbons (Fsp3) is 0.889. The molecule has 1 rings (SSSR count). The van der Waals surface area contributed by atoms with Crippen molar-refractivity contribution in [2.24, 2.45) is 0 Å². The minimum Gasteiger partial charge on any atom is -0.391 e. The van der Waals surface area contributed by atoms with Crippen molar-refractivity contribution >= 4 is 6.03 Å². The fourth-order valence-electron chi connectivity index (χ4n) is 1.51. The lowest BCUT2D eigenvalue weighted by molar-refractivity contribution is 0.0743. The number of aliphatic hydroxyl groups excluding tert-OH is 1. The molecule has 1 N–H and O–H groups in total. The van der Waals surface area contributed by atoms with Crippen LogP contribution in [0, 0.1) is 0 Å². The second kappa shape index (κ2) is 4.46. The quantitative estimate of drug-likeness (QED) is 0.648. The lowest BCUT2D eigenvalue weighted by atomic mass is 10.1. The summed E-state index contributed by atoms with van der Waals surface area (Å²) in [5, 5.41) is 9.37. The number of hydrogen-bond donors (Lipinski definition) is 1. The maximum Gasteiger partial charge on any atom is 0.319 e. The molecule has 0 aromatic carbocycles. The summed E-state index contributed by atoms with van der Waals surface area (Å²) in [5.41, 5.74) is 0. The molecule has 0 aromatic heterocycles. The van der Waals surface area contributed by atoms with Gasteiger partial charge in [-0.15, -0.1) is 0 Å². The molecule has 0 bridgehead atoms. The van der Waals surface area contributed by atoms with Gasteiger partial charge in [0, 0.05) is 26.7 Å². The summed E-state index contributed by atoms with van der Waals surface area (Å²) in [4.78, 5) is 15.0. The Morgan fingerprint density at radius 1 is 1.69 bits per heavy atom. The molecule has 1 saturated heterocycles. The van der Waals surface area contributed by atoms with Gasteiger partial charge in [-0.1, -0.05) is 0 Å². The average molecular weight is 186 g/mol. The van der Waals surface area contributed by atoms with E-state index in [2.05, 4.69) is 0 Å². The van der Waals surface area contributed by atoms with Crippen LogP contribution in [-0.4, -0.2) is 53.7 Å². The zero-order valence-corrected chi connectivity index (χ0v) is 8.36. The minimum absolute atomic E-state index is 0.0289. The Balaban J connectivity index is 2.46. The van der Waals surface area contributed by atoms with Gasteiger partial charge in [-0.05, 0) is 19.8 Å². The molecule has 76 valence electrons. The minimum atomic E-state index is -0.331. The molecule has 1 aliphatic heterocycles. The molecule has 0 aliphatic carbocycles. The number of nitrogens with zero attached hydrogens (tertiary/aromatic N) is 2. The number of carbonyl (C=O) groups is 1. The van der Waals surface area contributed by atoms with E-state index in [4.69, 9.17) is 0 Å². The molecule has 4 nitrogen and oxygen atoms in total. The number of carbonyl (C=O) groups excluding carboxylic acids is 1. The van der Waals surface area contributed by atoms with Crippen molar-refractivity contribution in [1.29, 1.82) is 0 Å². The van der Waals surface area contributed by atoms with Gasteiger partial charge in [-0.3, -0.25) is 0 Å². The van der Waals surface area contributed by atoms with E-state index >= 15 is 0 Å². The SMILES string of the molecule is CCN(C)C(=O)N1CCC[C@H](O)C1. The molecule has 13 heavy (non-hydrogen) atoms. The molecule has 1 atom stereocenters. The summed E-state index contributed by atoms with van der Waals surface area (Å²) in [6.07, 6.45) is 1.40. The molecular weight excluding hydrogens is 168 g/mol. The lowest BCUT2D eigenvalue weighted by Gasteiger charge is -2.32. The molecule has 1 fully saturated rings. The molecule has 4 heteroatoms. The fourth-order valence-corrected chi connectivity index (χ4v) is 1.51. The highest BCUT2D eigenvalue weighted by Gasteiger charge is 2.23. The van der Waals surface area contributed by atoms with Crippen LogP contribution in [0.4, 0.5) is 4.79 Å². The lowest BCUT2D eigenvalue weighted by Crippen LogP contribution is -2.47. The van der Waals surface area contributed by atoms with Crippen LogP contribution in [0.5, 0.6) is 0 Å². The molecule has 0 saturated carbocycles. The molecule has 1 heterocycles. The van der Waals surface area contributed by atoms with E-state index in [0.717, 1.165) is 19.4 Å². The van der Waals surface area contributed by atoms with Crippen molar-refractivity contribution in [1.82, 2.24) is 9.80 Å². The molecule has 2 amide bonds. The maximum absolute atomic E-state index is 11.6. The predicted molar refractivity (Wildman–Crippen MR) is 50.5 cm³/mol. The standard InChI is InChI=1S/C9H18N2O2/c1-3-10(2)9(13)11-6-4-5-8(12)7-11/h8,12H,3-7H2,1-2H3/t8-/m0/s1. The Morgan fingerprint density at radius 3 is 2.92 bits per heavy atom. The Morgan fingerprint density at radius 2 is 2.38 bits per heavy atom. The van der Waals surface area contributed by atoms with Crippen LogP contribution in [0.1, 0.15) is 19.8 Å². The van der Waals surface area contributed by atoms with Crippen molar-refractivity contribution in [3.05, 3.63) is 0 Å². The number of piperidine rings is 1. The van der Waals surface area contributed by atoms with Crippen LogP contribution in [0.25, 0.3) is 0 Å². The van der Waals surface area contributed by atoms with Gasteiger partial charge in [0.1, 0.15) is 0 Å². The van der Waals surface area contributed by atoms with E-state index in [1.165, 1.54) is 0 Å². The van der Waals surface area contributed by atoms with Gasteiger partial charge in [0.2, 0.25) is 0 Å².